The molecular formula is C47H32N2. The van der Waals surface area contributed by atoms with Gasteiger partial charge in [-0.1, -0.05) is 146 Å². The maximum atomic E-state index is 8.91. The molecule has 0 aliphatic heterocycles. The summed E-state index contributed by atoms with van der Waals surface area (Å²) >= 11 is 0. The fraction of sp³-hybridized carbons (Fsp3) is 0.0851. The minimum absolute atomic E-state index is 0.0922. The molecule has 1 saturated carbocycles. The topological polar surface area (TPSA) is 49.9 Å². The minimum atomic E-state index is -0.366. The first-order chi connectivity index (χ1) is 24.1. The molecule has 6 aromatic rings. The smallest absolute Gasteiger partial charge is 0.124 e. The number of amidine groups is 1. The number of hydrogen-bond donors (Lipinski definition) is 2. The summed E-state index contributed by atoms with van der Waals surface area (Å²) in [6, 6.07) is 42.2. The first-order valence-electron chi connectivity index (χ1n) is 17.3. The highest BCUT2D eigenvalue weighted by atomic mass is 14.7. The van der Waals surface area contributed by atoms with E-state index in [2.05, 4.69) is 153 Å². The van der Waals surface area contributed by atoms with Gasteiger partial charge in [0.05, 0.1) is 10.8 Å². The SMILES string of the molecule is CC/C=C\C1=C2C34C=CC=C3c3ccccc3C3=C4C2(c2cc(-c4c(C(=N)N)c5ccccc5c5ccccc45)ccc21)c1ccccc13. The molecule has 230 valence electrons. The third-order valence-electron chi connectivity index (χ3n) is 11.9. The van der Waals surface area contributed by atoms with E-state index >= 15 is 0 Å². The summed E-state index contributed by atoms with van der Waals surface area (Å²) in [5.74, 6) is 0.0922. The van der Waals surface area contributed by atoms with Crippen LogP contribution in [0.15, 0.2) is 157 Å². The number of nitrogens with two attached hydrogens (primary N) is 1. The van der Waals surface area contributed by atoms with Gasteiger partial charge in [0.15, 0.2) is 0 Å². The summed E-state index contributed by atoms with van der Waals surface area (Å²) in [6.45, 7) is 2.22. The molecule has 2 atom stereocenters. The molecule has 2 nitrogen and oxygen atoms in total. The first kappa shape index (κ1) is 27.0. The van der Waals surface area contributed by atoms with Gasteiger partial charge in [0, 0.05) is 11.1 Å². The summed E-state index contributed by atoms with van der Waals surface area (Å²) in [5.41, 5.74) is 24.0. The number of fused-ring (bicyclic) bond motifs is 9. The molecule has 3 N–H and O–H groups in total. The van der Waals surface area contributed by atoms with Crippen LogP contribution in [0.4, 0.5) is 0 Å². The number of nitrogen functional groups attached to an aromatic ring is 1. The average Bonchev–Trinajstić information content (AvgIpc) is 3.79. The molecule has 1 fully saturated rings. The van der Waals surface area contributed by atoms with Crippen LogP contribution in [0.5, 0.6) is 0 Å². The van der Waals surface area contributed by atoms with Crippen molar-refractivity contribution in [3.8, 4) is 11.1 Å². The number of hydrogen-bond acceptors (Lipinski definition) is 1. The monoisotopic (exact) mass is 624 g/mol. The maximum Gasteiger partial charge on any atom is 0.124 e. The molecule has 2 unspecified atom stereocenters. The lowest BCUT2D eigenvalue weighted by molar-refractivity contribution is 0.448. The Hall–Kier alpha value is -5.99. The molecule has 49 heavy (non-hydrogen) atoms. The zero-order chi connectivity index (χ0) is 32.6. The zero-order valence-electron chi connectivity index (χ0n) is 27.1. The Morgan fingerprint density at radius 2 is 1.37 bits per heavy atom. The van der Waals surface area contributed by atoms with Crippen molar-refractivity contribution in [2.75, 3.05) is 0 Å². The van der Waals surface area contributed by atoms with Gasteiger partial charge in [-0.15, -0.1) is 0 Å². The number of allylic oxidation sites excluding steroid dienone is 9. The molecule has 0 heterocycles. The Kier molecular flexibility index (Phi) is 5.03. The predicted octanol–water partition coefficient (Wildman–Crippen LogP) is 10.7. The molecule has 5 aliphatic rings. The quantitative estimate of drug-likeness (QED) is 0.114. The second-order valence-corrected chi connectivity index (χ2v) is 14.0. The van der Waals surface area contributed by atoms with Crippen molar-refractivity contribution in [2.45, 2.75) is 18.8 Å². The molecule has 2 spiro atoms. The van der Waals surface area contributed by atoms with Gasteiger partial charge < -0.3 is 5.73 Å². The predicted molar refractivity (Wildman–Crippen MR) is 203 cm³/mol. The van der Waals surface area contributed by atoms with Crippen LogP contribution in [0.3, 0.4) is 0 Å². The van der Waals surface area contributed by atoms with Crippen molar-refractivity contribution in [2.24, 2.45) is 11.1 Å². The van der Waals surface area contributed by atoms with E-state index in [-0.39, 0.29) is 16.7 Å². The summed E-state index contributed by atoms with van der Waals surface area (Å²) in [4.78, 5) is 0. The molecule has 0 bridgehead atoms. The second-order valence-electron chi connectivity index (χ2n) is 14.0. The van der Waals surface area contributed by atoms with Crippen LogP contribution in [0.2, 0.25) is 0 Å². The van der Waals surface area contributed by atoms with Crippen molar-refractivity contribution in [3.05, 3.63) is 196 Å². The normalized spacial score (nSPS) is 21.8. The van der Waals surface area contributed by atoms with Crippen LogP contribution in [0, 0.1) is 10.8 Å². The molecule has 6 aromatic carbocycles. The van der Waals surface area contributed by atoms with Crippen molar-refractivity contribution in [3.63, 3.8) is 0 Å². The van der Waals surface area contributed by atoms with Gasteiger partial charge in [0.25, 0.3) is 0 Å². The molecule has 0 amide bonds. The van der Waals surface area contributed by atoms with Crippen molar-refractivity contribution < 1.29 is 0 Å². The fourth-order valence-corrected chi connectivity index (χ4v) is 10.4. The third-order valence-corrected chi connectivity index (χ3v) is 11.9. The summed E-state index contributed by atoms with van der Waals surface area (Å²) < 4.78 is 0. The van der Waals surface area contributed by atoms with Gasteiger partial charge in [0.2, 0.25) is 0 Å². The zero-order valence-corrected chi connectivity index (χ0v) is 27.1. The lowest BCUT2D eigenvalue weighted by Gasteiger charge is -2.59. The first-order valence-corrected chi connectivity index (χ1v) is 17.3. The van der Waals surface area contributed by atoms with Gasteiger partial charge >= 0.3 is 0 Å². The highest BCUT2D eigenvalue weighted by Crippen LogP contribution is 2.83. The van der Waals surface area contributed by atoms with E-state index in [9.17, 15) is 0 Å². The maximum absolute atomic E-state index is 8.91. The molecule has 0 radical (unpaired) electrons. The second kappa shape index (κ2) is 9.12. The van der Waals surface area contributed by atoms with Gasteiger partial charge in [-0.25, -0.2) is 0 Å². The van der Waals surface area contributed by atoms with Crippen molar-refractivity contribution >= 4 is 44.1 Å². The fourth-order valence-electron chi connectivity index (χ4n) is 10.4. The van der Waals surface area contributed by atoms with E-state index in [1.54, 1.807) is 0 Å². The van der Waals surface area contributed by atoms with Crippen molar-refractivity contribution in [1.82, 2.24) is 0 Å². The van der Waals surface area contributed by atoms with Gasteiger partial charge in [0.1, 0.15) is 5.84 Å². The van der Waals surface area contributed by atoms with E-state index in [1.807, 2.05) is 0 Å². The highest BCUT2D eigenvalue weighted by Gasteiger charge is 2.74. The minimum Gasteiger partial charge on any atom is -0.384 e. The average molecular weight is 625 g/mol. The Morgan fingerprint density at radius 3 is 2.14 bits per heavy atom. The van der Waals surface area contributed by atoms with Crippen LogP contribution in [0.1, 0.15) is 52.3 Å². The standard InChI is InChI=1S/C47H32N2/c1-2-3-13-35-31-24-23-27(40-32-17-7-4-14-28(32)29-15-5-8-18-33(29)42(40)45(48)49)26-39(31)47-38-21-11-10-20-36(38)41-34-19-9-6-16-30(34)37-22-12-25-46(37,43(35)47)44(41)47/h3-26H,2H2,1H3,(H3,48,49)/b13-3-. The summed E-state index contributed by atoms with van der Waals surface area (Å²) in [5, 5.41) is 13.3. The molecule has 0 aromatic heterocycles. The van der Waals surface area contributed by atoms with Crippen molar-refractivity contribution in [1.29, 1.82) is 5.41 Å². The number of benzene rings is 6. The summed E-state index contributed by atoms with van der Waals surface area (Å²) in [7, 11) is 0. The Balaban J connectivity index is 1.29. The van der Waals surface area contributed by atoms with Crippen LogP contribution in [0.25, 0.3) is 49.4 Å². The molecular weight excluding hydrogens is 593 g/mol. The Morgan fingerprint density at radius 1 is 0.694 bits per heavy atom. The number of nitrogens with one attached hydrogen (secondary N) is 1. The third kappa shape index (κ3) is 2.91. The van der Waals surface area contributed by atoms with E-state index < -0.39 is 0 Å². The van der Waals surface area contributed by atoms with E-state index in [0.29, 0.717) is 0 Å². The van der Waals surface area contributed by atoms with Gasteiger partial charge in [-0.3, -0.25) is 5.41 Å². The largest absolute Gasteiger partial charge is 0.384 e. The molecule has 2 heteroatoms. The summed E-state index contributed by atoms with van der Waals surface area (Å²) in [6.07, 6.45) is 12.8. The Bertz CT molecular complexity index is 2730. The van der Waals surface area contributed by atoms with E-state index in [4.69, 9.17) is 11.1 Å². The van der Waals surface area contributed by atoms with Gasteiger partial charge in [-0.05, 0) is 101 Å². The molecule has 5 aliphatic carbocycles. The highest BCUT2D eigenvalue weighted by molar-refractivity contribution is 6.24. The lowest BCUT2D eigenvalue weighted by atomic mass is 9.41. The Labute approximate surface area is 285 Å². The lowest BCUT2D eigenvalue weighted by Crippen LogP contribution is -2.53. The number of rotatable bonds is 4. The van der Waals surface area contributed by atoms with E-state index in [0.717, 1.165) is 39.3 Å². The van der Waals surface area contributed by atoms with Crippen LogP contribution >= 0.6 is 0 Å². The van der Waals surface area contributed by atoms with E-state index in [1.165, 1.54) is 66.6 Å². The van der Waals surface area contributed by atoms with Gasteiger partial charge in [-0.2, -0.15) is 0 Å². The van der Waals surface area contributed by atoms with Crippen LogP contribution in [-0.4, -0.2) is 5.84 Å². The van der Waals surface area contributed by atoms with Crippen LogP contribution < -0.4 is 5.73 Å². The molecule has 0 saturated heterocycles. The van der Waals surface area contributed by atoms with Crippen LogP contribution in [-0.2, 0) is 5.41 Å². The molecule has 11 rings (SSSR count).